The van der Waals surface area contributed by atoms with E-state index in [1.807, 2.05) is 24.5 Å². The highest BCUT2D eigenvalue weighted by atomic mass is 35.5. The van der Waals surface area contributed by atoms with Gasteiger partial charge in [0.2, 0.25) is 0 Å². The maximum atomic E-state index is 6.06. The molecule has 0 bridgehead atoms. The lowest BCUT2D eigenvalue weighted by Crippen LogP contribution is -2.01. The van der Waals surface area contributed by atoms with Crippen LogP contribution < -0.4 is 0 Å². The molecule has 78 valence electrons. The maximum absolute atomic E-state index is 6.06. The third-order valence-electron chi connectivity index (χ3n) is 2.86. The number of rotatable bonds is 1. The molecule has 0 aliphatic carbocycles. The molecule has 0 radical (unpaired) electrons. The lowest BCUT2D eigenvalue weighted by Gasteiger charge is -2.06. The number of nitrogens with zero attached hydrogens (tertiary/aromatic N) is 2. The van der Waals surface area contributed by atoms with Crippen LogP contribution in [0.3, 0.4) is 0 Å². The molecule has 3 nitrogen and oxygen atoms in total. The Morgan fingerprint density at radius 2 is 2.47 bits per heavy atom. The molecule has 1 unspecified atom stereocenters. The van der Waals surface area contributed by atoms with Gasteiger partial charge in [-0.15, -0.1) is 0 Å². The summed E-state index contributed by atoms with van der Waals surface area (Å²) in [6.45, 7) is 1.64. The summed E-state index contributed by atoms with van der Waals surface area (Å²) in [5.41, 5.74) is 2.03. The number of pyridine rings is 1. The summed E-state index contributed by atoms with van der Waals surface area (Å²) >= 11 is 6.06. The average Bonchev–Trinajstić information content (AvgIpc) is 2.85. The molecular formula is C11H11ClN2O. The van der Waals surface area contributed by atoms with Gasteiger partial charge in [-0.1, -0.05) is 11.6 Å². The second-order valence-corrected chi connectivity index (χ2v) is 4.20. The van der Waals surface area contributed by atoms with E-state index in [1.54, 1.807) is 0 Å². The van der Waals surface area contributed by atoms with Gasteiger partial charge in [0.15, 0.2) is 5.65 Å². The van der Waals surface area contributed by atoms with Gasteiger partial charge in [0.1, 0.15) is 0 Å². The molecule has 1 fully saturated rings. The number of ether oxygens (including phenoxy) is 1. The summed E-state index contributed by atoms with van der Waals surface area (Å²) < 4.78 is 7.44. The van der Waals surface area contributed by atoms with E-state index in [-0.39, 0.29) is 0 Å². The number of hydrogen-bond donors (Lipinski definition) is 0. The van der Waals surface area contributed by atoms with Gasteiger partial charge in [-0.05, 0) is 18.6 Å². The third kappa shape index (κ3) is 1.43. The second kappa shape index (κ2) is 3.51. The molecule has 1 atom stereocenters. The lowest BCUT2D eigenvalue weighted by molar-refractivity contribution is 0.193. The molecule has 2 aromatic heterocycles. The van der Waals surface area contributed by atoms with E-state index < -0.39 is 0 Å². The summed E-state index contributed by atoms with van der Waals surface area (Å²) in [7, 11) is 0. The number of fused-ring (bicyclic) bond motifs is 1. The largest absolute Gasteiger partial charge is 0.381 e. The lowest BCUT2D eigenvalue weighted by atomic mass is 10.1. The normalized spacial score (nSPS) is 21.3. The van der Waals surface area contributed by atoms with Crippen molar-refractivity contribution in [3.05, 3.63) is 35.2 Å². The van der Waals surface area contributed by atoms with Crippen LogP contribution in [0, 0.1) is 0 Å². The Kier molecular flexibility index (Phi) is 2.15. The highest BCUT2D eigenvalue weighted by Gasteiger charge is 2.21. The van der Waals surface area contributed by atoms with Crippen molar-refractivity contribution in [1.29, 1.82) is 0 Å². The number of imidazole rings is 1. The van der Waals surface area contributed by atoms with Crippen molar-refractivity contribution in [2.45, 2.75) is 12.3 Å². The molecule has 1 aliphatic rings. The van der Waals surface area contributed by atoms with Crippen LogP contribution >= 0.6 is 11.6 Å². The Bertz CT molecular complexity index is 488. The van der Waals surface area contributed by atoms with E-state index in [1.165, 1.54) is 5.69 Å². The quantitative estimate of drug-likeness (QED) is 0.741. The molecule has 0 amide bonds. The van der Waals surface area contributed by atoms with Crippen molar-refractivity contribution in [3.8, 4) is 0 Å². The first-order valence-electron chi connectivity index (χ1n) is 5.05. The van der Waals surface area contributed by atoms with E-state index in [4.69, 9.17) is 16.3 Å². The monoisotopic (exact) mass is 222 g/mol. The minimum atomic E-state index is 0.457. The fourth-order valence-corrected chi connectivity index (χ4v) is 2.28. The number of hydrogen-bond acceptors (Lipinski definition) is 2. The first-order chi connectivity index (χ1) is 7.36. The topological polar surface area (TPSA) is 26.5 Å². The minimum absolute atomic E-state index is 0.457. The van der Waals surface area contributed by atoms with Crippen molar-refractivity contribution in [2.75, 3.05) is 13.2 Å². The minimum Gasteiger partial charge on any atom is -0.381 e. The Hall–Kier alpha value is -1.06. The van der Waals surface area contributed by atoms with Gasteiger partial charge >= 0.3 is 0 Å². The van der Waals surface area contributed by atoms with Crippen molar-refractivity contribution < 1.29 is 4.74 Å². The summed E-state index contributed by atoms with van der Waals surface area (Å²) in [5, 5.41) is 0.697. The van der Waals surface area contributed by atoms with E-state index in [2.05, 4.69) is 9.38 Å². The Labute approximate surface area is 92.6 Å². The van der Waals surface area contributed by atoms with Crippen molar-refractivity contribution in [2.24, 2.45) is 0 Å². The maximum Gasteiger partial charge on any atom is 0.155 e. The first-order valence-corrected chi connectivity index (χ1v) is 5.43. The Morgan fingerprint density at radius 3 is 3.27 bits per heavy atom. The first kappa shape index (κ1) is 9.19. The van der Waals surface area contributed by atoms with E-state index >= 15 is 0 Å². The predicted molar refractivity (Wildman–Crippen MR) is 58.4 cm³/mol. The third-order valence-corrected chi connectivity index (χ3v) is 3.16. The van der Waals surface area contributed by atoms with Gasteiger partial charge in [0.05, 0.1) is 11.6 Å². The Balaban J connectivity index is 2.15. The smallest absolute Gasteiger partial charge is 0.155 e. The Morgan fingerprint density at radius 1 is 1.53 bits per heavy atom. The molecule has 0 aromatic carbocycles. The zero-order chi connectivity index (χ0) is 10.3. The van der Waals surface area contributed by atoms with Crippen LogP contribution in [0.25, 0.3) is 5.65 Å². The standard InChI is InChI=1S/C11H11ClN2O/c12-9-2-1-4-14-10(6-13-11(9)14)8-3-5-15-7-8/h1-2,4,6,8H,3,5,7H2. The molecule has 15 heavy (non-hydrogen) atoms. The van der Waals surface area contributed by atoms with Gasteiger partial charge in [0, 0.05) is 30.6 Å². The molecule has 3 heterocycles. The van der Waals surface area contributed by atoms with Crippen LogP contribution in [0.5, 0.6) is 0 Å². The predicted octanol–water partition coefficient (Wildman–Crippen LogP) is 2.49. The van der Waals surface area contributed by atoms with Crippen LogP contribution in [0.2, 0.25) is 5.02 Å². The molecule has 0 saturated carbocycles. The molecule has 0 N–H and O–H groups in total. The molecule has 2 aromatic rings. The van der Waals surface area contributed by atoms with Gasteiger partial charge in [0.25, 0.3) is 0 Å². The summed E-state index contributed by atoms with van der Waals surface area (Å²) in [5.74, 6) is 0.457. The van der Waals surface area contributed by atoms with Crippen LogP contribution in [-0.4, -0.2) is 22.6 Å². The van der Waals surface area contributed by atoms with E-state index in [0.717, 1.165) is 25.3 Å². The van der Waals surface area contributed by atoms with Gasteiger partial charge < -0.3 is 9.14 Å². The molecular weight excluding hydrogens is 212 g/mol. The van der Waals surface area contributed by atoms with Crippen LogP contribution in [0.15, 0.2) is 24.5 Å². The van der Waals surface area contributed by atoms with Gasteiger partial charge in [-0.25, -0.2) is 4.98 Å². The summed E-state index contributed by atoms with van der Waals surface area (Å²) in [4.78, 5) is 4.34. The molecule has 0 spiro atoms. The van der Waals surface area contributed by atoms with Gasteiger partial charge in [-0.3, -0.25) is 0 Å². The molecule has 1 saturated heterocycles. The average molecular weight is 223 g/mol. The highest BCUT2D eigenvalue weighted by molar-refractivity contribution is 6.33. The summed E-state index contributed by atoms with van der Waals surface area (Å²) in [6.07, 6.45) is 4.97. The van der Waals surface area contributed by atoms with Crippen molar-refractivity contribution in [1.82, 2.24) is 9.38 Å². The fourth-order valence-electron chi connectivity index (χ4n) is 2.07. The molecule has 3 rings (SSSR count). The van der Waals surface area contributed by atoms with Gasteiger partial charge in [-0.2, -0.15) is 0 Å². The number of aromatic nitrogens is 2. The van der Waals surface area contributed by atoms with Crippen molar-refractivity contribution in [3.63, 3.8) is 0 Å². The van der Waals surface area contributed by atoms with Crippen molar-refractivity contribution >= 4 is 17.2 Å². The SMILES string of the molecule is Clc1cccn2c(C3CCOC3)cnc12. The zero-order valence-corrected chi connectivity index (χ0v) is 8.94. The van der Waals surface area contributed by atoms with E-state index in [9.17, 15) is 0 Å². The zero-order valence-electron chi connectivity index (χ0n) is 8.19. The highest BCUT2D eigenvalue weighted by Crippen LogP contribution is 2.27. The van der Waals surface area contributed by atoms with Crippen LogP contribution in [0.4, 0.5) is 0 Å². The molecule has 4 heteroatoms. The fraction of sp³-hybridized carbons (Fsp3) is 0.364. The summed E-state index contributed by atoms with van der Waals surface area (Å²) in [6, 6.07) is 3.80. The van der Waals surface area contributed by atoms with Crippen LogP contribution in [-0.2, 0) is 4.74 Å². The molecule has 1 aliphatic heterocycles. The van der Waals surface area contributed by atoms with E-state index in [0.29, 0.717) is 10.9 Å². The van der Waals surface area contributed by atoms with Crippen LogP contribution in [0.1, 0.15) is 18.0 Å². The number of halogens is 1. The second-order valence-electron chi connectivity index (χ2n) is 3.79.